The number of aromatic nitrogens is 1. The molecule has 1 atom stereocenters. The SMILES string of the molecule is CCNC(=O)Nc1cc(C2=N[C@@H](C(F)(F)F)CS2)c(B(O)O)cn1. The van der Waals surface area contributed by atoms with Crippen LogP contribution in [-0.4, -0.2) is 57.7 Å². The number of nitrogens with zero attached hydrogens (tertiary/aromatic N) is 2. The summed E-state index contributed by atoms with van der Waals surface area (Å²) in [6.45, 7) is 2.09. The number of carbonyl (C=O) groups excluding carboxylic acids is 1. The lowest BCUT2D eigenvalue weighted by Crippen LogP contribution is -2.35. The Labute approximate surface area is 139 Å². The lowest BCUT2D eigenvalue weighted by molar-refractivity contribution is -0.141. The van der Waals surface area contributed by atoms with Gasteiger partial charge in [0.2, 0.25) is 0 Å². The molecule has 2 amide bonds. The molecule has 7 nitrogen and oxygen atoms in total. The third-order valence-electron chi connectivity index (χ3n) is 3.05. The molecule has 0 aromatic carbocycles. The molecule has 0 bridgehead atoms. The number of halogens is 3. The number of amides is 2. The maximum Gasteiger partial charge on any atom is 0.490 e. The summed E-state index contributed by atoms with van der Waals surface area (Å²) in [5, 5.41) is 23.6. The largest absolute Gasteiger partial charge is 0.490 e. The number of aliphatic imine (C=N–C) groups is 1. The van der Waals surface area contributed by atoms with E-state index in [4.69, 9.17) is 0 Å². The minimum atomic E-state index is -4.47. The molecule has 0 radical (unpaired) electrons. The number of pyridine rings is 1. The summed E-state index contributed by atoms with van der Waals surface area (Å²) in [6.07, 6.45) is -3.40. The van der Waals surface area contributed by atoms with Crippen molar-refractivity contribution in [2.75, 3.05) is 17.6 Å². The number of hydrogen-bond acceptors (Lipinski definition) is 6. The Morgan fingerprint density at radius 2 is 2.21 bits per heavy atom. The molecule has 12 heteroatoms. The van der Waals surface area contributed by atoms with Gasteiger partial charge in [0.15, 0.2) is 6.04 Å². The monoisotopic (exact) mass is 362 g/mol. The van der Waals surface area contributed by atoms with E-state index in [2.05, 4.69) is 20.6 Å². The van der Waals surface area contributed by atoms with E-state index in [9.17, 15) is 28.0 Å². The van der Waals surface area contributed by atoms with Gasteiger partial charge in [0.1, 0.15) is 5.82 Å². The van der Waals surface area contributed by atoms with Gasteiger partial charge in [0.25, 0.3) is 0 Å². The molecule has 1 aromatic heterocycles. The van der Waals surface area contributed by atoms with E-state index >= 15 is 0 Å². The molecule has 0 aliphatic carbocycles. The molecule has 2 rings (SSSR count). The van der Waals surface area contributed by atoms with E-state index in [0.29, 0.717) is 6.54 Å². The van der Waals surface area contributed by atoms with Crippen molar-refractivity contribution in [1.82, 2.24) is 10.3 Å². The lowest BCUT2D eigenvalue weighted by Gasteiger charge is -2.11. The van der Waals surface area contributed by atoms with E-state index < -0.39 is 25.4 Å². The smallest absolute Gasteiger partial charge is 0.423 e. The van der Waals surface area contributed by atoms with Gasteiger partial charge in [-0.3, -0.25) is 10.3 Å². The van der Waals surface area contributed by atoms with Gasteiger partial charge in [-0.25, -0.2) is 9.78 Å². The van der Waals surface area contributed by atoms with Crippen molar-refractivity contribution in [3.05, 3.63) is 17.8 Å². The second kappa shape index (κ2) is 7.41. The summed E-state index contributed by atoms with van der Waals surface area (Å²) in [5.74, 6) is -0.236. The summed E-state index contributed by atoms with van der Waals surface area (Å²) >= 11 is 0.852. The van der Waals surface area contributed by atoms with Gasteiger partial charge in [-0.15, -0.1) is 11.8 Å². The van der Waals surface area contributed by atoms with E-state index in [1.54, 1.807) is 6.92 Å². The Hall–Kier alpha value is -1.79. The first-order valence-electron chi connectivity index (χ1n) is 6.91. The van der Waals surface area contributed by atoms with Crippen LogP contribution in [0.3, 0.4) is 0 Å². The van der Waals surface area contributed by atoms with Crippen LogP contribution in [0.5, 0.6) is 0 Å². The number of hydrogen-bond donors (Lipinski definition) is 4. The second-order valence-electron chi connectivity index (χ2n) is 4.82. The van der Waals surface area contributed by atoms with Gasteiger partial charge < -0.3 is 15.4 Å². The fraction of sp³-hybridized carbons (Fsp3) is 0.417. The van der Waals surface area contributed by atoms with Gasteiger partial charge in [-0.1, -0.05) is 0 Å². The Morgan fingerprint density at radius 3 is 2.75 bits per heavy atom. The van der Waals surface area contributed by atoms with Crippen LogP contribution in [0.4, 0.5) is 23.8 Å². The normalized spacial score (nSPS) is 17.4. The molecule has 4 N–H and O–H groups in total. The molecular formula is C12H14BF3N4O3S. The van der Waals surface area contributed by atoms with Gasteiger partial charge >= 0.3 is 19.3 Å². The Kier molecular flexibility index (Phi) is 5.72. The van der Waals surface area contributed by atoms with Crippen molar-refractivity contribution < 1.29 is 28.0 Å². The van der Waals surface area contributed by atoms with Crippen LogP contribution >= 0.6 is 11.8 Å². The van der Waals surface area contributed by atoms with Gasteiger partial charge in [0.05, 0.1) is 5.04 Å². The first kappa shape index (κ1) is 18.6. The minimum absolute atomic E-state index is 0.0155. The molecular weight excluding hydrogens is 348 g/mol. The third kappa shape index (κ3) is 4.39. The summed E-state index contributed by atoms with van der Waals surface area (Å²) in [6, 6.07) is -1.13. The summed E-state index contributed by atoms with van der Waals surface area (Å²) in [7, 11) is -1.93. The lowest BCUT2D eigenvalue weighted by atomic mass is 9.78. The fourth-order valence-electron chi connectivity index (χ4n) is 1.94. The van der Waals surface area contributed by atoms with Gasteiger partial charge in [-0.05, 0) is 13.0 Å². The van der Waals surface area contributed by atoms with Crippen LogP contribution in [0.15, 0.2) is 17.3 Å². The number of anilines is 1. The fourth-order valence-corrected chi connectivity index (χ4v) is 3.05. The van der Waals surface area contributed by atoms with Crippen molar-refractivity contribution in [2.24, 2.45) is 4.99 Å². The minimum Gasteiger partial charge on any atom is -0.423 e. The molecule has 1 aliphatic heterocycles. The molecule has 0 spiro atoms. The average molecular weight is 362 g/mol. The van der Waals surface area contributed by atoms with Crippen molar-refractivity contribution in [1.29, 1.82) is 0 Å². The number of urea groups is 1. The maximum atomic E-state index is 12.7. The molecule has 24 heavy (non-hydrogen) atoms. The van der Waals surface area contributed by atoms with E-state index in [0.717, 1.165) is 18.0 Å². The highest BCUT2D eigenvalue weighted by Gasteiger charge is 2.43. The highest BCUT2D eigenvalue weighted by Crippen LogP contribution is 2.33. The number of carbonyl (C=O) groups is 1. The summed E-state index contributed by atoms with van der Waals surface area (Å²) in [4.78, 5) is 19.0. The van der Waals surface area contributed by atoms with Gasteiger partial charge in [0, 0.05) is 29.5 Å². The number of nitrogens with one attached hydrogen (secondary N) is 2. The van der Waals surface area contributed by atoms with Crippen molar-refractivity contribution in [3.63, 3.8) is 0 Å². The zero-order valence-corrected chi connectivity index (χ0v) is 13.3. The first-order chi connectivity index (χ1) is 11.2. The molecule has 0 saturated carbocycles. The highest BCUT2D eigenvalue weighted by molar-refractivity contribution is 8.14. The van der Waals surface area contributed by atoms with Crippen LogP contribution in [0.2, 0.25) is 0 Å². The molecule has 0 saturated heterocycles. The number of thioether (sulfide) groups is 1. The molecule has 130 valence electrons. The van der Waals surface area contributed by atoms with Crippen LogP contribution < -0.4 is 16.1 Å². The number of alkyl halides is 3. The first-order valence-corrected chi connectivity index (χ1v) is 7.89. The summed E-state index contributed by atoms with van der Waals surface area (Å²) < 4.78 is 38.2. The zero-order chi connectivity index (χ0) is 17.9. The van der Waals surface area contributed by atoms with Gasteiger partial charge in [-0.2, -0.15) is 13.2 Å². The summed E-state index contributed by atoms with van der Waals surface area (Å²) in [5.41, 5.74) is -0.00549. The topological polar surface area (TPSA) is 107 Å². The van der Waals surface area contributed by atoms with Crippen LogP contribution in [0.1, 0.15) is 12.5 Å². The predicted octanol–water partition coefficient (Wildman–Crippen LogP) is 0.327. The number of rotatable bonds is 4. The quantitative estimate of drug-likeness (QED) is 0.578. The van der Waals surface area contributed by atoms with Crippen molar-refractivity contribution >= 4 is 41.2 Å². The molecule has 0 fully saturated rings. The molecule has 1 aliphatic rings. The van der Waals surface area contributed by atoms with Crippen molar-refractivity contribution in [2.45, 2.75) is 19.1 Å². The van der Waals surface area contributed by atoms with Crippen LogP contribution in [0.25, 0.3) is 0 Å². The maximum absolute atomic E-state index is 12.7. The zero-order valence-electron chi connectivity index (χ0n) is 12.5. The molecule has 2 heterocycles. The average Bonchev–Trinajstić information content (AvgIpc) is 2.96. The highest BCUT2D eigenvalue weighted by atomic mass is 32.2. The predicted molar refractivity (Wildman–Crippen MR) is 85.6 cm³/mol. The third-order valence-corrected chi connectivity index (χ3v) is 4.13. The molecule has 0 unspecified atom stereocenters. The van der Waals surface area contributed by atoms with Crippen LogP contribution in [0, 0.1) is 0 Å². The van der Waals surface area contributed by atoms with E-state index in [-0.39, 0.29) is 27.6 Å². The Morgan fingerprint density at radius 1 is 1.50 bits per heavy atom. The van der Waals surface area contributed by atoms with Crippen LogP contribution in [-0.2, 0) is 0 Å². The Balaban J connectivity index is 2.34. The van der Waals surface area contributed by atoms with E-state index in [1.807, 2.05) is 0 Å². The molecule has 1 aromatic rings. The van der Waals surface area contributed by atoms with E-state index in [1.165, 1.54) is 6.07 Å². The van der Waals surface area contributed by atoms with Crippen molar-refractivity contribution in [3.8, 4) is 0 Å². The standard InChI is InChI=1S/C12H14BF3N4O3S/c1-2-17-11(21)20-9-3-6(7(4-18-9)13(22)23)10-19-8(5-24-10)12(14,15)16/h3-4,8,22-23H,2,5H2,1H3,(H2,17,18,20,21)/t8-/m1/s1. The second-order valence-corrected chi connectivity index (χ2v) is 5.83. The Bertz CT molecular complexity index is 657.